The van der Waals surface area contributed by atoms with Gasteiger partial charge in [0.15, 0.2) is 0 Å². The molecule has 0 atom stereocenters. The van der Waals surface area contributed by atoms with Crippen molar-refractivity contribution >= 4 is 17.5 Å². The first-order valence-corrected chi connectivity index (χ1v) is 7.31. The van der Waals surface area contributed by atoms with Gasteiger partial charge in [0.25, 0.3) is 5.91 Å². The first-order valence-electron chi connectivity index (χ1n) is 6.93. The molecule has 2 rings (SSSR count). The highest BCUT2D eigenvalue weighted by molar-refractivity contribution is 6.29. The molecule has 1 aromatic rings. The third kappa shape index (κ3) is 3.49. The van der Waals surface area contributed by atoms with Crippen molar-refractivity contribution in [3.8, 4) is 0 Å². The van der Waals surface area contributed by atoms with E-state index in [-0.39, 0.29) is 11.3 Å². The number of likely N-dealkylation sites (N-methyl/N-ethyl adjacent to an activating group) is 1. The Bertz CT molecular complexity index is 502. The van der Waals surface area contributed by atoms with Crippen molar-refractivity contribution < 1.29 is 4.79 Å². The third-order valence-electron chi connectivity index (χ3n) is 3.60. The third-order valence-corrected chi connectivity index (χ3v) is 3.79. The number of halogens is 1. The van der Waals surface area contributed by atoms with Crippen molar-refractivity contribution in [2.75, 3.05) is 33.2 Å². The van der Waals surface area contributed by atoms with Gasteiger partial charge in [-0.25, -0.2) is 4.98 Å². The van der Waals surface area contributed by atoms with Crippen LogP contribution in [0.2, 0.25) is 5.15 Å². The molecule has 0 saturated carbocycles. The Hall–Kier alpha value is -1.13. The molecule has 0 radical (unpaired) electrons. The van der Waals surface area contributed by atoms with Crippen molar-refractivity contribution in [3.63, 3.8) is 0 Å². The molecule has 1 saturated heterocycles. The molecule has 1 fully saturated rings. The zero-order valence-corrected chi connectivity index (χ0v) is 13.4. The average molecular weight is 296 g/mol. The van der Waals surface area contributed by atoms with Crippen LogP contribution in [0.15, 0.2) is 12.1 Å². The van der Waals surface area contributed by atoms with Gasteiger partial charge in [-0.05, 0) is 19.2 Å². The quantitative estimate of drug-likeness (QED) is 0.747. The molecule has 4 nitrogen and oxygen atoms in total. The van der Waals surface area contributed by atoms with E-state index in [0.29, 0.717) is 10.7 Å². The van der Waals surface area contributed by atoms with Gasteiger partial charge in [-0.2, -0.15) is 0 Å². The smallest absolute Gasteiger partial charge is 0.254 e. The maximum absolute atomic E-state index is 12.6. The number of piperazine rings is 1. The Morgan fingerprint density at radius 1 is 1.20 bits per heavy atom. The molecule has 20 heavy (non-hydrogen) atoms. The normalized spacial score (nSPS) is 17.4. The molecular formula is C15H22ClN3O. The largest absolute Gasteiger partial charge is 0.336 e. The highest BCUT2D eigenvalue weighted by Gasteiger charge is 2.23. The molecule has 0 spiro atoms. The Balaban J connectivity index is 2.24. The minimum atomic E-state index is -0.123. The van der Waals surface area contributed by atoms with Crippen LogP contribution in [0.3, 0.4) is 0 Å². The minimum Gasteiger partial charge on any atom is -0.336 e. The number of hydrogen-bond donors (Lipinski definition) is 0. The van der Waals surface area contributed by atoms with E-state index in [0.717, 1.165) is 31.9 Å². The number of hydrogen-bond acceptors (Lipinski definition) is 3. The van der Waals surface area contributed by atoms with E-state index in [2.05, 4.69) is 37.7 Å². The Kier molecular flexibility index (Phi) is 4.35. The molecule has 1 amide bonds. The van der Waals surface area contributed by atoms with Crippen LogP contribution in [0.1, 0.15) is 36.8 Å². The van der Waals surface area contributed by atoms with E-state index in [1.54, 1.807) is 6.07 Å². The van der Waals surface area contributed by atoms with Crippen LogP contribution in [0.4, 0.5) is 0 Å². The zero-order chi connectivity index (χ0) is 14.9. The molecular weight excluding hydrogens is 274 g/mol. The van der Waals surface area contributed by atoms with Gasteiger partial charge < -0.3 is 9.80 Å². The topological polar surface area (TPSA) is 36.4 Å². The van der Waals surface area contributed by atoms with Crippen LogP contribution in [-0.2, 0) is 5.41 Å². The number of aromatic nitrogens is 1. The van der Waals surface area contributed by atoms with E-state index in [1.165, 1.54) is 0 Å². The summed E-state index contributed by atoms with van der Waals surface area (Å²) in [5, 5.41) is 0.384. The highest BCUT2D eigenvalue weighted by atomic mass is 35.5. The first kappa shape index (κ1) is 15.3. The van der Waals surface area contributed by atoms with Gasteiger partial charge in [0, 0.05) is 42.9 Å². The summed E-state index contributed by atoms with van der Waals surface area (Å²) < 4.78 is 0. The van der Waals surface area contributed by atoms with Crippen molar-refractivity contribution in [2.45, 2.75) is 26.2 Å². The molecule has 1 aliphatic heterocycles. The van der Waals surface area contributed by atoms with Gasteiger partial charge in [0.1, 0.15) is 5.15 Å². The Morgan fingerprint density at radius 3 is 2.35 bits per heavy atom. The number of amides is 1. The minimum absolute atomic E-state index is 0.0490. The second-order valence-electron chi connectivity index (χ2n) is 6.41. The predicted molar refractivity (Wildman–Crippen MR) is 81.3 cm³/mol. The van der Waals surface area contributed by atoms with Gasteiger partial charge in [-0.3, -0.25) is 4.79 Å². The second kappa shape index (κ2) is 5.70. The van der Waals surface area contributed by atoms with Gasteiger partial charge in [0.05, 0.1) is 0 Å². The van der Waals surface area contributed by atoms with Crippen LogP contribution >= 0.6 is 11.6 Å². The summed E-state index contributed by atoms with van der Waals surface area (Å²) in [5.74, 6) is 0.0490. The molecule has 5 heteroatoms. The lowest BCUT2D eigenvalue weighted by atomic mass is 9.90. The molecule has 0 aromatic carbocycles. The standard InChI is InChI=1S/C15H22ClN3O/c1-15(2,3)12-9-11(10-13(16)17-12)14(20)19-7-5-18(4)6-8-19/h9-10H,5-8H2,1-4H3. The SMILES string of the molecule is CN1CCN(C(=O)c2cc(Cl)nc(C(C)(C)C)c2)CC1. The van der Waals surface area contributed by atoms with Crippen molar-refractivity contribution in [1.29, 1.82) is 0 Å². The summed E-state index contributed by atoms with van der Waals surface area (Å²) in [4.78, 5) is 21.0. The number of nitrogens with zero attached hydrogens (tertiary/aromatic N) is 3. The van der Waals surface area contributed by atoms with E-state index >= 15 is 0 Å². The van der Waals surface area contributed by atoms with Crippen molar-refractivity contribution in [3.05, 3.63) is 28.5 Å². The average Bonchev–Trinajstić information content (AvgIpc) is 2.37. The predicted octanol–water partition coefficient (Wildman–Crippen LogP) is 2.42. The summed E-state index contributed by atoms with van der Waals surface area (Å²) in [6.07, 6.45) is 0. The van der Waals surface area contributed by atoms with Crippen LogP contribution in [-0.4, -0.2) is 53.9 Å². The second-order valence-corrected chi connectivity index (χ2v) is 6.80. The Morgan fingerprint density at radius 2 is 1.80 bits per heavy atom. The molecule has 0 unspecified atom stereocenters. The molecule has 0 bridgehead atoms. The fourth-order valence-electron chi connectivity index (χ4n) is 2.20. The molecule has 110 valence electrons. The van der Waals surface area contributed by atoms with E-state index < -0.39 is 0 Å². The van der Waals surface area contributed by atoms with Gasteiger partial charge in [-0.15, -0.1) is 0 Å². The summed E-state index contributed by atoms with van der Waals surface area (Å²) in [6, 6.07) is 3.53. The number of carbonyl (C=O) groups excluding carboxylic acids is 1. The van der Waals surface area contributed by atoms with E-state index in [9.17, 15) is 4.79 Å². The van der Waals surface area contributed by atoms with Gasteiger partial charge >= 0.3 is 0 Å². The van der Waals surface area contributed by atoms with Gasteiger partial charge in [-0.1, -0.05) is 32.4 Å². The van der Waals surface area contributed by atoms with E-state index in [4.69, 9.17) is 11.6 Å². The van der Waals surface area contributed by atoms with Crippen LogP contribution < -0.4 is 0 Å². The number of pyridine rings is 1. The first-order chi connectivity index (χ1) is 9.27. The lowest BCUT2D eigenvalue weighted by Crippen LogP contribution is -2.47. The lowest BCUT2D eigenvalue weighted by Gasteiger charge is -2.32. The van der Waals surface area contributed by atoms with Crippen LogP contribution in [0, 0.1) is 0 Å². The molecule has 1 aromatic heterocycles. The Labute approximate surface area is 125 Å². The fourth-order valence-corrected chi connectivity index (χ4v) is 2.41. The number of rotatable bonds is 1. The van der Waals surface area contributed by atoms with Crippen LogP contribution in [0.25, 0.3) is 0 Å². The molecule has 2 heterocycles. The summed E-state index contributed by atoms with van der Waals surface area (Å²) in [5.41, 5.74) is 1.36. The zero-order valence-electron chi connectivity index (χ0n) is 12.6. The van der Waals surface area contributed by atoms with Crippen molar-refractivity contribution in [2.24, 2.45) is 0 Å². The molecule has 0 N–H and O–H groups in total. The van der Waals surface area contributed by atoms with E-state index in [1.807, 2.05) is 11.0 Å². The molecule has 1 aliphatic rings. The van der Waals surface area contributed by atoms with Gasteiger partial charge in [0.2, 0.25) is 0 Å². The summed E-state index contributed by atoms with van der Waals surface area (Å²) in [6.45, 7) is 9.55. The lowest BCUT2D eigenvalue weighted by molar-refractivity contribution is 0.0664. The maximum atomic E-state index is 12.6. The monoisotopic (exact) mass is 295 g/mol. The fraction of sp³-hybridized carbons (Fsp3) is 0.600. The number of carbonyl (C=O) groups is 1. The van der Waals surface area contributed by atoms with Crippen LogP contribution in [0.5, 0.6) is 0 Å². The van der Waals surface area contributed by atoms with Crippen molar-refractivity contribution in [1.82, 2.24) is 14.8 Å². The maximum Gasteiger partial charge on any atom is 0.254 e. The summed E-state index contributed by atoms with van der Waals surface area (Å²) in [7, 11) is 2.07. The molecule has 0 aliphatic carbocycles. The highest BCUT2D eigenvalue weighted by Crippen LogP contribution is 2.24. The summed E-state index contributed by atoms with van der Waals surface area (Å²) >= 11 is 6.07.